The fraction of sp³-hybridized carbons (Fsp3) is 0.800. The normalized spacial score (nSPS) is 21.7. The molecule has 1 aliphatic rings. The van der Waals surface area contributed by atoms with Crippen molar-refractivity contribution in [1.82, 2.24) is 10.4 Å². The van der Waals surface area contributed by atoms with Gasteiger partial charge in [0, 0.05) is 13.1 Å². The van der Waals surface area contributed by atoms with E-state index < -0.39 is 0 Å². The molecule has 0 radical (unpaired) electrons. The Labute approximate surface area is 75.3 Å². The van der Waals surface area contributed by atoms with Gasteiger partial charge in [-0.05, 0) is 19.3 Å². The van der Waals surface area contributed by atoms with E-state index in [1.165, 1.54) is 19.3 Å². The number of hydrazine groups is 1. The number of nitrogens with one attached hydrogen (secondary N) is 1. The second-order valence-corrected chi connectivity index (χ2v) is 3.30. The van der Waals surface area contributed by atoms with Crippen molar-refractivity contribution in [3.63, 3.8) is 0 Å². The van der Waals surface area contributed by atoms with E-state index in [2.05, 4.69) is 23.3 Å². The highest BCUT2D eigenvalue weighted by Crippen LogP contribution is 2.06. The van der Waals surface area contributed by atoms with E-state index in [4.69, 9.17) is 6.42 Å². The maximum Gasteiger partial charge on any atom is 0.0817 e. The van der Waals surface area contributed by atoms with Gasteiger partial charge in [0.1, 0.15) is 0 Å². The van der Waals surface area contributed by atoms with Crippen LogP contribution in [0.4, 0.5) is 0 Å². The number of hydrogen-bond donors (Lipinski definition) is 1. The minimum atomic E-state index is 0.225. The third-order valence-corrected chi connectivity index (χ3v) is 2.30. The predicted octanol–water partition coefficient (Wildman–Crippen LogP) is 1.39. The molecule has 1 unspecified atom stereocenters. The van der Waals surface area contributed by atoms with Crippen molar-refractivity contribution in [2.75, 3.05) is 13.1 Å². The van der Waals surface area contributed by atoms with Gasteiger partial charge in [0.2, 0.25) is 0 Å². The first-order valence-electron chi connectivity index (χ1n) is 4.84. The molecular weight excluding hydrogens is 148 g/mol. The first-order valence-corrected chi connectivity index (χ1v) is 4.84. The zero-order valence-electron chi connectivity index (χ0n) is 7.84. The number of nitrogens with zero attached hydrogens (tertiary/aromatic N) is 1. The van der Waals surface area contributed by atoms with E-state index in [0.717, 1.165) is 19.5 Å². The van der Waals surface area contributed by atoms with Crippen molar-refractivity contribution in [3.8, 4) is 12.3 Å². The topological polar surface area (TPSA) is 15.3 Å². The average Bonchev–Trinajstić information content (AvgIpc) is 2.16. The molecule has 12 heavy (non-hydrogen) atoms. The lowest BCUT2D eigenvalue weighted by Gasteiger charge is -2.29. The summed E-state index contributed by atoms with van der Waals surface area (Å²) in [4.78, 5) is 0. The highest BCUT2D eigenvalue weighted by atomic mass is 15.5. The zero-order chi connectivity index (χ0) is 8.81. The van der Waals surface area contributed by atoms with Gasteiger partial charge in [-0.3, -0.25) is 0 Å². The van der Waals surface area contributed by atoms with Gasteiger partial charge in [0.15, 0.2) is 0 Å². The van der Waals surface area contributed by atoms with Crippen LogP contribution in [0, 0.1) is 12.3 Å². The smallest absolute Gasteiger partial charge is 0.0817 e. The summed E-state index contributed by atoms with van der Waals surface area (Å²) in [7, 11) is 0. The molecule has 68 valence electrons. The van der Waals surface area contributed by atoms with Crippen molar-refractivity contribution in [1.29, 1.82) is 0 Å². The first kappa shape index (κ1) is 9.57. The summed E-state index contributed by atoms with van der Waals surface area (Å²) in [6, 6.07) is 0.225. The standard InChI is InChI=1S/C10H18N2/c1-3-10(4-2)11-12-8-6-5-7-9-12/h1,10-11H,4-9H2,2H3. The number of piperidine rings is 1. The zero-order valence-corrected chi connectivity index (χ0v) is 7.84. The van der Waals surface area contributed by atoms with Crippen molar-refractivity contribution in [2.45, 2.75) is 38.6 Å². The molecule has 1 fully saturated rings. The van der Waals surface area contributed by atoms with Crippen LogP contribution >= 0.6 is 0 Å². The Balaban J connectivity index is 2.24. The molecular formula is C10H18N2. The lowest BCUT2D eigenvalue weighted by molar-refractivity contribution is 0.141. The summed E-state index contributed by atoms with van der Waals surface area (Å²) >= 11 is 0. The van der Waals surface area contributed by atoms with Crippen molar-refractivity contribution in [2.24, 2.45) is 0 Å². The quantitative estimate of drug-likeness (QED) is 0.637. The van der Waals surface area contributed by atoms with Gasteiger partial charge in [0.05, 0.1) is 6.04 Å². The van der Waals surface area contributed by atoms with Gasteiger partial charge < -0.3 is 0 Å². The highest BCUT2D eigenvalue weighted by Gasteiger charge is 2.11. The Kier molecular flexibility index (Phi) is 4.13. The van der Waals surface area contributed by atoms with Gasteiger partial charge >= 0.3 is 0 Å². The first-order chi connectivity index (χ1) is 5.86. The minimum absolute atomic E-state index is 0.225. The summed E-state index contributed by atoms with van der Waals surface area (Å²) < 4.78 is 0. The lowest BCUT2D eigenvalue weighted by Crippen LogP contribution is -2.46. The molecule has 1 heterocycles. The molecule has 0 spiro atoms. The molecule has 0 aromatic rings. The molecule has 2 nitrogen and oxygen atoms in total. The lowest BCUT2D eigenvalue weighted by atomic mass is 10.1. The van der Waals surface area contributed by atoms with Crippen LogP contribution < -0.4 is 5.43 Å². The van der Waals surface area contributed by atoms with Crippen molar-refractivity contribution < 1.29 is 0 Å². The SMILES string of the molecule is C#CC(CC)NN1CCCCC1. The van der Waals surface area contributed by atoms with E-state index in [1.807, 2.05) is 0 Å². The van der Waals surface area contributed by atoms with Crippen molar-refractivity contribution in [3.05, 3.63) is 0 Å². The Bertz CT molecular complexity index is 154. The predicted molar refractivity (Wildman–Crippen MR) is 51.5 cm³/mol. The summed E-state index contributed by atoms with van der Waals surface area (Å²) in [5.74, 6) is 2.75. The van der Waals surface area contributed by atoms with Gasteiger partial charge in [-0.25, -0.2) is 10.4 Å². The molecule has 2 heteroatoms. The van der Waals surface area contributed by atoms with Gasteiger partial charge in [-0.15, -0.1) is 6.42 Å². The van der Waals surface area contributed by atoms with Crippen LogP contribution in [0.15, 0.2) is 0 Å². The van der Waals surface area contributed by atoms with Crippen LogP contribution in [0.2, 0.25) is 0 Å². The fourth-order valence-corrected chi connectivity index (χ4v) is 1.49. The van der Waals surface area contributed by atoms with E-state index in [0.29, 0.717) is 0 Å². The Morgan fingerprint density at radius 2 is 2.08 bits per heavy atom. The van der Waals surface area contributed by atoms with Crippen LogP contribution in [0.3, 0.4) is 0 Å². The summed E-state index contributed by atoms with van der Waals surface area (Å²) in [5.41, 5.74) is 3.35. The molecule has 0 saturated carbocycles. The molecule has 0 aromatic carbocycles. The second kappa shape index (κ2) is 5.18. The molecule has 1 N–H and O–H groups in total. The van der Waals surface area contributed by atoms with Crippen LogP contribution in [0.25, 0.3) is 0 Å². The van der Waals surface area contributed by atoms with E-state index in [9.17, 15) is 0 Å². The van der Waals surface area contributed by atoms with Crippen LogP contribution in [0.5, 0.6) is 0 Å². The number of terminal acetylenes is 1. The van der Waals surface area contributed by atoms with E-state index in [1.54, 1.807) is 0 Å². The number of rotatable bonds is 3. The highest BCUT2D eigenvalue weighted by molar-refractivity contribution is 4.97. The van der Waals surface area contributed by atoms with Crippen LogP contribution in [-0.2, 0) is 0 Å². The monoisotopic (exact) mass is 166 g/mol. The average molecular weight is 166 g/mol. The minimum Gasteiger partial charge on any atom is -0.243 e. The molecule has 1 saturated heterocycles. The third-order valence-electron chi connectivity index (χ3n) is 2.30. The Morgan fingerprint density at radius 1 is 1.42 bits per heavy atom. The Morgan fingerprint density at radius 3 is 2.58 bits per heavy atom. The van der Waals surface area contributed by atoms with Crippen LogP contribution in [0.1, 0.15) is 32.6 Å². The van der Waals surface area contributed by atoms with Gasteiger partial charge in [-0.2, -0.15) is 0 Å². The molecule has 0 aliphatic carbocycles. The summed E-state index contributed by atoms with van der Waals surface area (Å²) in [5, 5.41) is 2.26. The van der Waals surface area contributed by atoms with E-state index >= 15 is 0 Å². The van der Waals surface area contributed by atoms with Gasteiger partial charge in [0.25, 0.3) is 0 Å². The molecule has 1 atom stereocenters. The molecule has 0 aromatic heterocycles. The van der Waals surface area contributed by atoms with Crippen molar-refractivity contribution >= 4 is 0 Å². The largest absolute Gasteiger partial charge is 0.243 e. The maximum atomic E-state index is 5.36. The summed E-state index contributed by atoms with van der Waals surface area (Å²) in [6.07, 6.45) is 10.3. The summed E-state index contributed by atoms with van der Waals surface area (Å²) in [6.45, 7) is 4.41. The second-order valence-electron chi connectivity index (χ2n) is 3.30. The molecule has 1 rings (SSSR count). The third kappa shape index (κ3) is 2.84. The number of hydrogen-bond acceptors (Lipinski definition) is 2. The fourth-order valence-electron chi connectivity index (χ4n) is 1.49. The molecule has 0 amide bonds. The Hall–Kier alpha value is -0.520. The van der Waals surface area contributed by atoms with Crippen LogP contribution in [-0.4, -0.2) is 24.1 Å². The molecule has 1 aliphatic heterocycles. The van der Waals surface area contributed by atoms with E-state index in [-0.39, 0.29) is 6.04 Å². The van der Waals surface area contributed by atoms with Gasteiger partial charge in [-0.1, -0.05) is 19.3 Å². The maximum absolute atomic E-state index is 5.36. The molecule has 0 bridgehead atoms.